The average Bonchev–Trinajstić information content (AvgIpc) is 2.76. The molecule has 1 atom stereocenters. The lowest BCUT2D eigenvalue weighted by atomic mass is 10.3. The first-order valence-electron chi connectivity index (χ1n) is 6.38. The molecule has 0 amide bonds. The lowest BCUT2D eigenvalue weighted by Gasteiger charge is -2.17. The molecule has 1 saturated heterocycles. The minimum absolute atomic E-state index is 0.161. The van der Waals surface area contributed by atoms with Crippen molar-refractivity contribution in [3.05, 3.63) is 22.7 Å². The monoisotopic (exact) mass is 379 g/mol. The van der Waals surface area contributed by atoms with E-state index in [0.717, 1.165) is 0 Å². The molecule has 0 saturated carbocycles. The van der Waals surface area contributed by atoms with Gasteiger partial charge in [0, 0.05) is 6.54 Å². The van der Waals surface area contributed by atoms with Crippen LogP contribution in [-0.4, -0.2) is 40.6 Å². The second-order valence-electron chi connectivity index (χ2n) is 5.10. The summed E-state index contributed by atoms with van der Waals surface area (Å²) in [6.45, 7) is 4.11. The van der Waals surface area contributed by atoms with Gasteiger partial charge in [0.25, 0.3) is 0 Å². The van der Waals surface area contributed by atoms with Crippen molar-refractivity contribution in [2.24, 2.45) is 0 Å². The van der Waals surface area contributed by atoms with Gasteiger partial charge in [-0.15, -0.1) is 0 Å². The Bertz CT molecular complexity index is 617. The maximum Gasteiger partial charge on any atom is 0.240 e. The van der Waals surface area contributed by atoms with E-state index >= 15 is 0 Å². The molecule has 0 bridgehead atoms. The SMILES string of the molecule is COc1ccc(S(=O)(=O)NCC2COC(C)(C)O2)cc1Br. The van der Waals surface area contributed by atoms with Crippen molar-refractivity contribution in [2.75, 3.05) is 20.3 Å². The molecule has 1 heterocycles. The highest BCUT2D eigenvalue weighted by Crippen LogP contribution is 2.27. The summed E-state index contributed by atoms with van der Waals surface area (Å²) in [5, 5.41) is 0. The first-order valence-corrected chi connectivity index (χ1v) is 8.66. The highest BCUT2D eigenvalue weighted by molar-refractivity contribution is 9.10. The molecule has 6 nitrogen and oxygen atoms in total. The molecular formula is C13H18BrNO5S. The van der Waals surface area contributed by atoms with E-state index in [1.807, 2.05) is 0 Å². The van der Waals surface area contributed by atoms with E-state index < -0.39 is 15.8 Å². The maximum absolute atomic E-state index is 12.2. The quantitative estimate of drug-likeness (QED) is 0.845. The summed E-state index contributed by atoms with van der Waals surface area (Å²) >= 11 is 3.27. The van der Waals surface area contributed by atoms with Gasteiger partial charge < -0.3 is 14.2 Å². The van der Waals surface area contributed by atoms with Gasteiger partial charge in [-0.05, 0) is 48.0 Å². The van der Waals surface area contributed by atoms with Crippen LogP contribution in [0.2, 0.25) is 0 Å². The van der Waals surface area contributed by atoms with Crippen LogP contribution >= 0.6 is 15.9 Å². The summed E-state index contributed by atoms with van der Waals surface area (Å²) in [5.74, 6) is -0.0950. The fraction of sp³-hybridized carbons (Fsp3) is 0.538. The van der Waals surface area contributed by atoms with Gasteiger partial charge in [0.15, 0.2) is 5.79 Å². The topological polar surface area (TPSA) is 73.9 Å². The number of ether oxygens (including phenoxy) is 3. The summed E-state index contributed by atoms with van der Waals surface area (Å²) < 4.78 is 43.6. The van der Waals surface area contributed by atoms with Crippen LogP contribution in [0, 0.1) is 0 Å². The molecule has 1 aromatic rings. The summed E-state index contributed by atoms with van der Waals surface area (Å²) in [4.78, 5) is 0.161. The van der Waals surface area contributed by atoms with Gasteiger partial charge in [-0.2, -0.15) is 0 Å². The molecule has 1 N–H and O–H groups in total. The van der Waals surface area contributed by atoms with Crippen molar-refractivity contribution in [1.82, 2.24) is 4.72 Å². The number of benzene rings is 1. The van der Waals surface area contributed by atoms with E-state index in [1.165, 1.54) is 19.2 Å². The van der Waals surface area contributed by atoms with E-state index in [2.05, 4.69) is 20.7 Å². The van der Waals surface area contributed by atoms with E-state index in [9.17, 15) is 8.42 Å². The zero-order valence-electron chi connectivity index (χ0n) is 12.1. The van der Waals surface area contributed by atoms with Crippen molar-refractivity contribution in [1.29, 1.82) is 0 Å². The first-order chi connectivity index (χ1) is 9.73. The van der Waals surface area contributed by atoms with Gasteiger partial charge in [-0.25, -0.2) is 13.1 Å². The van der Waals surface area contributed by atoms with Crippen LogP contribution in [0.4, 0.5) is 0 Å². The standard InChI is InChI=1S/C13H18BrNO5S/c1-13(2)19-8-9(20-13)7-15-21(16,17)10-4-5-12(18-3)11(14)6-10/h4-6,9,15H,7-8H2,1-3H3. The smallest absolute Gasteiger partial charge is 0.240 e. The zero-order valence-corrected chi connectivity index (χ0v) is 14.5. The Labute approximate surface area is 132 Å². The van der Waals surface area contributed by atoms with Crippen molar-refractivity contribution in [3.8, 4) is 5.75 Å². The van der Waals surface area contributed by atoms with Gasteiger partial charge in [0.05, 0.1) is 29.2 Å². The summed E-state index contributed by atoms with van der Waals surface area (Å²) in [6, 6.07) is 4.58. The van der Waals surface area contributed by atoms with Crippen LogP contribution in [-0.2, 0) is 19.5 Å². The maximum atomic E-state index is 12.2. The van der Waals surface area contributed by atoms with Crippen molar-refractivity contribution < 1.29 is 22.6 Å². The minimum Gasteiger partial charge on any atom is -0.496 e. The van der Waals surface area contributed by atoms with Crippen LogP contribution in [0.25, 0.3) is 0 Å². The molecule has 0 spiro atoms. The van der Waals surface area contributed by atoms with Crippen LogP contribution in [0.5, 0.6) is 5.75 Å². The zero-order chi connectivity index (χ0) is 15.7. The van der Waals surface area contributed by atoms with Gasteiger partial charge >= 0.3 is 0 Å². The van der Waals surface area contributed by atoms with E-state index in [4.69, 9.17) is 14.2 Å². The van der Waals surface area contributed by atoms with Gasteiger partial charge in [-0.1, -0.05) is 0 Å². The first kappa shape index (κ1) is 16.7. The van der Waals surface area contributed by atoms with Crippen molar-refractivity contribution in [3.63, 3.8) is 0 Å². The molecule has 21 heavy (non-hydrogen) atoms. The Balaban J connectivity index is 2.04. The van der Waals surface area contributed by atoms with Crippen molar-refractivity contribution >= 4 is 26.0 Å². The highest BCUT2D eigenvalue weighted by atomic mass is 79.9. The molecule has 0 radical (unpaired) electrons. The fourth-order valence-electron chi connectivity index (χ4n) is 1.96. The third-order valence-corrected chi connectivity index (χ3v) is 5.04. The van der Waals surface area contributed by atoms with Gasteiger partial charge in [0.2, 0.25) is 10.0 Å². The molecule has 1 aromatic carbocycles. The Morgan fingerprint density at radius 1 is 1.48 bits per heavy atom. The summed E-state index contributed by atoms with van der Waals surface area (Å²) in [6.07, 6.45) is -0.295. The lowest BCUT2D eigenvalue weighted by molar-refractivity contribution is -0.137. The predicted octanol–water partition coefficient (Wildman–Crippen LogP) is 1.89. The van der Waals surface area contributed by atoms with Crippen molar-refractivity contribution in [2.45, 2.75) is 30.6 Å². The highest BCUT2D eigenvalue weighted by Gasteiger charge is 2.33. The number of sulfonamides is 1. The van der Waals surface area contributed by atoms with E-state index in [-0.39, 0.29) is 17.5 Å². The van der Waals surface area contributed by atoms with Gasteiger partial charge in [-0.3, -0.25) is 0 Å². The number of halogens is 1. The number of rotatable bonds is 5. The number of methoxy groups -OCH3 is 1. The molecular weight excluding hydrogens is 362 g/mol. The van der Waals surface area contributed by atoms with E-state index in [1.54, 1.807) is 19.9 Å². The average molecular weight is 380 g/mol. The number of hydrogen-bond donors (Lipinski definition) is 1. The second-order valence-corrected chi connectivity index (χ2v) is 7.72. The van der Waals surface area contributed by atoms with Crippen LogP contribution < -0.4 is 9.46 Å². The number of hydrogen-bond acceptors (Lipinski definition) is 5. The molecule has 1 unspecified atom stereocenters. The Morgan fingerprint density at radius 2 is 2.19 bits per heavy atom. The molecule has 1 aliphatic rings. The van der Waals surface area contributed by atoms with E-state index in [0.29, 0.717) is 16.8 Å². The number of nitrogens with one attached hydrogen (secondary N) is 1. The van der Waals surface area contributed by atoms with Gasteiger partial charge in [0.1, 0.15) is 5.75 Å². The Kier molecular flexibility index (Phi) is 4.94. The fourth-order valence-corrected chi connectivity index (χ4v) is 3.75. The molecule has 118 valence electrons. The predicted molar refractivity (Wildman–Crippen MR) is 80.8 cm³/mol. The Morgan fingerprint density at radius 3 is 2.71 bits per heavy atom. The van der Waals surface area contributed by atoms with Crippen LogP contribution in [0.3, 0.4) is 0 Å². The van der Waals surface area contributed by atoms with Crippen LogP contribution in [0.15, 0.2) is 27.6 Å². The summed E-state index contributed by atoms with van der Waals surface area (Å²) in [7, 11) is -2.08. The third kappa shape index (κ3) is 4.17. The Hall–Kier alpha value is -0.670. The van der Waals surface area contributed by atoms with Crippen LogP contribution in [0.1, 0.15) is 13.8 Å². The normalized spacial score (nSPS) is 21.4. The summed E-state index contributed by atoms with van der Waals surface area (Å²) in [5.41, 5.74) is 0. The molecule has 1 fully saturated rings. The largest absolute Gasteiger partial charge is 0.496 e. The molecule has 8 heteroatoms. The molecule has 1 aliphatic heterocycles. The second kappa shape index (κ2) is 6.21. The molecule has 2 rings (SSSR count). The third-order valence-electron chi connectivity index (χ3n) is 3.00. The lowest BCUT2D eigenvalue weighted by Crippen LogP contribution is -2.34. The molecule has 0 aromatic heterocycles. The molecule has 0 aliphatic carbocycles. The minimum atomic E-state index is -3.60.